The van der Waals surface area contributed by atoms with Crippen molar-refractivity contribution in [1.82, 2.24) is 4.57 Å². The summed E-state index contributed by atoms with van der Waals surface area (Å²) in [6, 6.07) is 6.19. The van der Waals surface area contributed by atoms with Gasteiger partial charge in [-0.05, 0) is 56.9 Å². The van der Waals surface area contributed by atoms with Crippen molar-refractivity contribution >= 4 is 29.3 Å². The molecule has 0 spiro atoms. The van der Waals surface area contributed by atoms with Gasteiger partial charge in [-0.1, -0.05) is 11.6 Å². The Morgan fingerprint density at radius 1 is 1.31 bits per heavy atom. The lowest BCUT2D eigenvalue weighted by molar-refractivity contribution is -0.159. The van der Waals surface area contributed by atoms with E-state index in [4.69, 9.17) is 16.3 Å². The third-order valence-electron chi connectivity index (χ3n) is 3.59. The van der Waals surface area contributed by atoms with Gasteiger partial charge in [-0.15, -0.1) is 11.8 Å². The van der Waals surface area contributed by atoms with E-state index in [9.17, 15) is 14.0 Å². The number of halogens is 2. The van der Waals surface area contributed by atoms with Crippen molar-refractivity contribution in [2.24, 2.45) is 0 Å². The summed E-state index contributed by atoms with van der Waals surface area (Å²) in [5.41, 5.74) is -0.618. The molecule has 0 aliphatic heterocycles. The molecule has 26 heavy (non-hydrogen) atoms. The molecule has 0 radical (unpaired) electrons. The first kappa shape index (κ1) is 20.5. The average molecular weight is 398 g/mol. The first-order valence-corrected chi connectivity index (χ1v) is 9.64. The zero-order chi connectivity index (χ0) is 19.5. The van der Waals surface area contributed by atoms with Crippen LogP contribution in [0.3, 0.4) is 0 Å². The predicted octanol–water partition coefficient (Wildman–Crippen LogP) is 4.49. The van der Waals surface area contributed by atoms with Crippen LogP contribution in [0.25, 0.3) is 0 Å². The van der Waals surface area contributed by atoms with E-state index in [0.717, 1.165) is 4.90 Å². The molecule has 1 aromatic heterocycles. The van der Waals surface area contributed by atoms with E-state index < -0.39 is 23.4 Å². The smallest absolute Gasteiger partial charge is 0.330 e. The summed E-state index contributed by atoms with van der Waals surface area (Å²) in [7, 11) is 0. The Morgan fingerprint density at radius 2 is 2.00 bits per heavy atom. The van der Waals surface area contributed by atoms with Gasteiger partial charge in [-0.3, -0.25) is 4.79 Å². The van der Waals surface area contributed by atoms with E-state index in [-0.39, 0.29) is 12.0 Å². The summed E-state index contributed by atoms with van der Waals surface area (Å²) >= 11 is 7.57. The number of benzene rings is 1. The first-order chi connectivity index (χ1) is 12.1. The van der Waals surface area contributed by atoms with Gasteiger partial charge >= 0.3 is 5.97 Å². The number of carbonyl (C=O) groups is 1. The van der Waals surface area contributed by atoms with Gasteiger partial charge in [-0.2, -0.15) is 0 Å². The van der Waals surface area contributed by atoms with Crippen molar-refractivity contribution in [1.29, 1.82) is 0 Å². The van der Waals surface area contributed by atoms with Crippen molar-refractivity contribution < 1.29 is 13.9 Å². The minimum atomic E-state index is -0.947. The molecule has 1 heterocycles. The van der Waals surface area contributed by atoms with Crippen molar-refractivity contribution in [2.75, 3.05) is 6.26 Å². The van der Waals surface area contributed by atoms with E-state index in [1.165, 1.54) is 40.6 Å². The summed E-state index contributed by atoms with van der Waals surface area (Å²) in [5.74, 6) is -1.03. The number of hydrogen-bond donors (Lipinski definition) is 0. The van der Waals surface area contributed by atoms with Crippen LogP contribution < -0.4 is 5.56 Å². The van der Waals surface area contributed by atoms with E-state index in [1.54, 1.807) is 33.0 Å². The molecule has 0 N–H and O–H groups in total. The molecule has 2 rings (SSSR count). The largest absolute Gasteiger partial charge is 0.458 e. The lowest BCUT2D eigenvalue weighted by Crippen LogP contribution is -2.35. The lowest BCUT2D eigenvalue weighted by atomic mass is 10.0. The number of esters is 1. The molecule has 1 atom stereocenters. The Morgan fingerprint density at radius 3 is 2.58 bits per heavy atom. The highest BCUT2D eigenvalue weighted by Crippen LogP contribution is 2.25. The van der Waals surface area contributed by atoms with E-state index in [2.05, 4.69) is 0 Å². The van der Waals surface area contributed by atoms with Crippen LogP contribution in [0.5, 0.6) is 0 Å². The fourth-order valence-electron chi connectivity index (χ4n) is 2.43. The fraction of sp³-hybridized carbons (Fsp3) is 0.368. The SMILES string of the molecule is CSc1ccn(C(Cc2cc(F)ccc2Cl)C(=O)OC(C)(C)C)c(=O)c1. The summed E-state index contributed by atoms with van der Waals surface area (Å²) < 4.78 is 20.4. The van der Waals surface area contributed by atoms with Crippen molar-refractivity contribution in [3.05, 3.63) is 63.3 Å². The molecule has 2 aromatic rings. The Bertz CT molecular complexity index is 861. The van der Waals surface area contributed by atoms with Crippen LogP contribution in [0.15, 0.2) is 46.2 Å². The lowest BCUT2D eigenvalue weighted by Gasteiger charge is -2.25. The third-order valence-corrected chi connectivity index (χ3v) is 4.69. The zero-order valence-corrected chi connectivity index (χ0v) is 16.7. The molecule has 4 nitrogen and oxygen atoms in total. The van der Waals surface area contributed by atoms with Crippen LogP contribution >= 0.6 is 23.4 Å². The van der Waals surface area contributed by atoms with Gasteiger partial charge in [0.1, 0.15) is 17.5 Å². The highest BCUT2D eigenvalue weighted by molar-refractivity contribution is 7.98. The standard InChI is InChI=1S/C19H21ClFNO3S/c1-19(2,3)25-18(24)16(10-12-9-13(21)5-6-15(12)20)22-8-7-14(26-4)11-17(22)23/h5-9,11,16H,10H2,1-4H3. The number of ether oxygens (including phenoxy) is 1. The number of rotatable bonds is 5. The molecule has 1 unspecified atom stereocenters. The van der Waals surface area contributed by atoms with Crippen LogP contribution in [0.4, 0.5) is 4.39 Å². The molecule has 0 amide bonds. The Labute approximate surface area is 161 Å². The molecule has 0 aliphatic rings. The van der Waals surface area contributed by atoms with E-state index >= 15 is 0 Å². The molecule has 0 saturated carbocycles. The monoisotopic (exact) mass is 397 g/mol. The van der Waals surface area contributed by atoms with Crippen LogP contribution in [-0.4, -0.2) is 22.4 Å². The Balaban J connectivity index is 2.47. The molecule has 0 bridgehead atoms. The summed E-state index contributed by atoms with van der Waals surface area (Å²) in [4.78, 5) is 26.0. The molecule has 140 valence electrons. The van der Waals surface area contributed by atoms with Crippen LogP contribution in [0.2, 0.25) is 5.02 Å². The maximum absolute atomic E-state index is 13.6. The van der Waals surface area contributed by atoms with Gasteiger partial charge in [0.25, 0.3) is 5.56 Å². The van der Waals surface area contributed by atoms with Gasteiger partial charge < -0.3 is 9.30 Å². The Kier molecular flexibility index (Phi) is 6.53. The zero-order valence-electron chi connectivity index (χ0n) is 15.1. The topological polar surface area (TPSA) is 48.3 Å². The number of hydrogen-bond acceptors (Lipinski definition) is 4. The average Bonchev–Trinajstić information content (AvgIpc) is 2.54. The number of thioether (sulfide) groups is 1. The Hall–Kier alpha value is -1.79. The number of nitrogens with zero attached hydrogens (tertiary/aromatic N) is 1. The van der Waals surface area contributed by atoms with Gasteiger partial charge in [0.05, 0.1) is 0 Å². The maximum Gasteiger partial charge on any atom is 0.330 e. The predicted molar refractivity (Wildman–Crippen MR) is 102 cm³/mol. The molecular formula is C19H21ClFNO3S. The molecule has 1 aromatic carbocycles. The molecular weight excluding hydrogens is 377 g/mol. The minimum absolute atomic E-state index is 0.0457. The summed E-state index contributed by atoms with van der Waals surface area (Å²) in [5, 5.41) is 0.328. The first-order valence-electron chi connectivity index (χ1n) is 8.03. The van der Waals surface area contributed by atoms with Gasteiger partial charge in [0.15, 0.2) is 0 Å². The van der Waals surface area contributed by atoms with Gasteiger partial charge in [0, 0.05) is 28.6 Å². The molecule has 7 heteroatoms. The van der Waals surface area contributed by atoms with Crippen LogP contribution in [0, 0.1) is 5.82 Å². The summed E-state index contributed by atoms with van der Waals surface area (Å²) in [6.07, 6.45) is 3.46. The highest BCUT2D eigenvalue weighted by atomic mass is 35.5. The maximum atomic E-state index is 13.6. The highest BCUT2D eigenvalue weighted by Gasteiger charge is 2.28. The van der Waals surface area contributed by atoms with E-state index in [1.807, 2.05) is 6.26 Å². The molecule has 0 fully saturated rings. The second-order valence-corrected chi connectivity index (χ2v) is 8.09. The van der Waals surface area contributed by atoms with Gasteiger partial charge in [0.2, 0.25) is 0 Å². The van der Waals surface area contributed by atoms with Gasteiger partial charge in [-0.25, -0.2) is 9.18 Å². The van der Waals surface area contributed by atoms with Crippen LogP contribution in [-0.2, 0) is 16.0 Å². The second kappa shape index (κ2) is 8.27. The minimum Gasteiger partial charge on any atom is -0.458 e. The normalized spacial score (nSPS) is 12.7. The third kappa shape index (κ3) is 5.35. The van der Waals surface area contributed by atoms with Crippen molar-refractivity contribution in [3.63, 3.8) is 0 Å². The van der Waals surface area contributed by atoms with Crippen LogP contribution in [0.1, 0.15) is 32.4 Å². The van der Waals surface area contributed by atoms with Crippen molar-refractivity contribution in [2.45, 2.75) is 43.7 Å². The molecule has 0 aliphatic carbocycles. The quantitative estimate of drug-likeness (QED) is 0.551. The number of carbonyl (C=O) groups excluding carboxylic acids is 1. The fourth-order valence-corrected chi connectivity index (χ4v) is 3.04. The number of aromatic nitrogens is 1. The van der Waals surface area contributed by atoms with E-state index in [0.29, 0.717) is 10.6 Å². The second-order valence-electron chi connectivity index (χ2n) is 6.80. The summed E-state index contributed by atoms with van der Waals surface area (Å²) in [6.45, 7) is 5.24. The number of pyridine rings is 1. The molecule has 0 saturated heterocycles. The van der Waals surface area contributed by atoms with Crippen molar-refractivity contribution in [3.8, 4) is 0 Å².